The van der Waals surface area contributed by atoms with Gasteiger partial charge in [0.25, 0.3) is 5.91 Å². The maximum absolute atomic E-state index is 12.9. The van der Waals surface area contributed by atoms with Gasteiger partial charge in [0, 0.05) is 29.7 Å². The maximum Gasteiger partial charge on any atom is 0.253 e. The molecule has 3 aliphatic rings. The first kappa shape index (κ1) is 17.2. The highest BCUT2D eigenvalue weighted by atomic mass is 16.5. The highest BCUT2D eigenvalue weighted by molar-refractivity contribution is 5.97. The summed E-state index contributed by atoms with van der Waals surface area (Å²) in [5.74, 6) is 3.86. The second kappa shape index (κ2) is 6.88. The largest absolute Gasteiger partial charge is 0.481 e. The molecule has 142 valence electrons. The van der Waals surface area contributed by atoms with Crippen molar-refractivity contribution in [3.8, 4) is 18.1 Å². The highest BCUT2D eigenvalue weighted by Gasteiger charge is 2.35. The van der Waals surface area contributed by atoms with Crippen molar-refractivity contribution in [3.63, 3.8) is 0 Å². The normalized spacial score (nSPS) is 23.6. The van der Waals surface area contributed by atoms with Crippen LogP contribution in [0.25, 0.3) is 16.4 Å². The first-order chi connectivity index (χ1) is 13.7. The van der Waals surface area contributed by atoms with Crippen LogP contribution in [0.4, 0.5) is 0 Å². The molecule has 1 amide bonds. The second-order valence-corrected chi connectivity index (χ2v) is 7.79. The molecular weight excluding hydrogens is 350 g/mol. The monoisotopic (exact) mass is 373 g/mol. The Morgan fingerprint density at radius 3 is 2.82 bits per heavy atom. The predicted molar refractivity (Wildman–Crippen MR) is 110 cm³/mol. The predicted octanol–water partition coefficient (Wildman–Crippen LogP) is 2.93. The fourth-order valence-electron chi connectivity index (χ4n) is 4.60. The molecule has 0 spiro atoms. The molecule has 5 heteroatoms. The van der Waals surface area contributed by atoms with E-state index in [4.69, 9.17) is 11.2 Å². The van der Waals surface area contributed by atoms with Gasteiger partial charge in [-0.15, -0.1) is 6.42 Å². The average Bonchev–Trinajstić information content (AvgIpc) is 3.18. The zero-order chi connectivity index (χ0) is 19.1. The van der Waals surface area contributed by atoms with Gasteiger partial charge in [-0.3, -0.25) is 4.79 Å². The molecule has 0 unspecified atom stereocenters. The van der Waals surface area contributed by atoms with Crippen LogP contribution in [0.5, 0.6) is 5.75 Å². The Hall–Kier alpha value is -2.97. The van der Waals surface area contributed by atoms with Crippen LogP contribution in [0.1, 0.15) is 23.2 Å². The number of amides is 1. The number of piperidine rings is 3. The number of fused-ring (bicyclic) bond motifs is 6. The molecule has 0 aliphatic carbocycles. The number of terminal acetylenes is 1. The summed E-state index contributed by atoms with van der Waals surface area (Å²) >= 11 is 0. The molecule has 5 nitrogen and oxygen atoms in total. The van der Waals surface area contributed by atoms with Gasteiger partial charge in [0.05, 0.1) is 11.1 Å². The highest BCUT2D eigenvalue weighted by Crippen LogP contribution is 2.28. The Labute approximate surface area is 164 Å². The van der Waals surface area contributed by atoms with Crippen LogP contribution >= 0.6 is 0 Å². The van der Waals surface area contributed by atoms with Crippen molar-refractivity contribution in [2.24, 2.45) is 5.92 Å². The summed E-state index contributed by atoms with van der Waals surface area (Å²) in [7, 11) is 0. The molecule has 2 aromatic heterocycles. The van der Waals surface area contributed by atoms with E-state index in [0.717, 1.165) is 28.7 Å². The van der Waals surface area contributed by atoms with E-state index < -0.39 is 0 Å². The minimum atomic E-state index is 0.0181. The van der Waals surface area contributed by atoms with Gasteiger partial charge in [0.15, 0.2) is 0 Å². The minimum Gasteiger partial charge on any atom is -0.481 e. The molecule has 3 aromatic rings. The van der Waals surface area contributed by atoms with Gasteiger partial charge in [-0.25, -0.2) is 0 Å². The Bertz CT molecular complexity index is 1090. The fraction of sp³-hybridized carbons (Fsp3) is 0.348. The van der Waals surface area contributed by atoms with Crippen LogP contribution in [0.2, 0.25) is 0 Å². The first-order valence-electron chi connectivity index (χ1n) is 9.85. The summed E-state index contributed by atoms with van der Waals surface area (Å²) in [6, 6.07) is 12.2. The Balaban J connectivity index is 1.41. The van der Waals surface area contributed by atoms with E-state index >= 15 is 0 Å². The van der Waals surface area contributed by atoms with Crippen molar-refractivity contribution in [2.45, 2.75) is 18.9 Å². The van der Waals surface area contributed by atoms with Crippen LogP contribution < -0.4 is 10.1 Å². The molecule has 5 heterocycles. The average molecular weight is 373 g/mol. The lowest BCUT2D eigenvalue weighted by atomic mass is 9.84. The quantitative estimate of drug-likeness (QED) is 0.716. The van der Waals surface area contributed by atoms with Gasteiger partial charge in [-0.1, -0.05) is 12.0 Å². The van der Waals surface area contributed by atoms with E-state index in [-0.39, 0.29) is 18.6 Å². The third-order valence-corrected chi connectivity index (χ3v) is 6.10. The van der Waals surface area contributed by atoms with Crippen molar-refractivity contribution >= 4 is 22.3 Å². The molecular formula is C23H23N3O2. The first-order valence-corrected chi connectivity index (χ1v) is 9.85. The summed E-state index contributed by atoms with van der Waals surface area (Å²) in [5, 5.41) is 4.32. The van der Waals surface area contributed by atoms with Crippen molar-refractivity contribution in [1.82, 2.24) is 14.6 Å². The number of carbonyl (C=O) groups excluding carboxylic acids is 1. The molecule has 3 fully saturated rings. The summed E-state index contributed by atoms with van der Waals surface area (Å²) in [4.78, 5) is 15.3. The Kier molecular flexibility index (Phi) is 4.22. The fourth-order valence-corrected chi connectivity index (χ4v) is 4.60. The van der Waals surface area contributed by atoms with Crippen molar-refractivity contribution in [3.05, 3.63) is 48.2 Å². The maximum atomic E-state index is 12.9. The lowest BCUT2D eigenvalue weighted by Crippen LogP contribution is -2.57. The number of hydrogen-bond acceptors (Lipinski definition) is 3. The summed E-state index contributed by atoms with van der Waals surface area (Å²) in [6.45, 7) is 3.58. The van der Waals surface area contributed by atoms with E-state index in [2.05, 4.69) is 20.5 Å². The number of benzene rings is 1. The third kappa shape index (κ3) is 3.00. The van der Waals surface area contributed by atoms with Gasteiger partial charge >= 0.3 is 0 Å². The van der Waals surface area contributed by atoms with Gasteiger partial charge in [0.1, 0.15) is 12.4 Å². The zero-order valence-corrected chi connectivity index (χ0v) is 15.7. The molecule has 2 bridgehead atoms. The van der Waals surface area contributed by atoms with Crippen LogP contribution in [-0.2, 0) is 0 Å². The minimum absolute atomic E-state index is 0.0181. The SMILES string of the molecule is C#CCOc1ccc2c(ccc3cc(C(=O)N[C@H]4CN5CCC4CC5)cn32)c1. The van der Waals surface area contributed by atoms with Crippen LogP contribution in [0.15, 0.2) is 42.6 Å². The van der Waals surface area contributed by atoms with Gasteiger partial charge in [-0.2, -0.15) is 0 Å². The van der Waals surface area contributed by atoms with E-state index in [9.17, 15) is 4.79 Å². The third-order valence-electron chi connectivity index (χ3n) is 6.10. The van der Waals surface area contributed by atoms with Crippen molar-refractivity contribution < 1.29 is 9.53 Å². The molecule has 1 N–H and O–H groups in total. The topological polar surface area (TPSA) is 46.0 Å². The summed E-state index contributed by atoms with van der Waals surface area (Å²) in [5.41, 5.74) is 2.74. The number of aromatic nitrogens is 1. The Morgan fingerprint density at radius 2 is 2.07 bits per heavy atom. The second-order valence-electron chi connectivity index (χ2n) is 7.79. The molecule has 0 radical (unpaired) electrons. The number of nitrogens with zero attached hydrogens (tertiary/aromatic N) is 2. The van der Waals surface area contributed by atoms with E-state index in [0.29, 0.717) is 11.5 Å². The standard InChI is InChI=1S/C23H23N3O2/c1-2-11-28-20-5-6-22-17(13-20)3-4-19-12-18(14-26(19)22)23(27)24-21-15-25-9-7-16(21)8-10-25/h1,3-6,12-14,16,21H,7-11,15H2,(H,24,27)/t21-/m0/s1. The van der Waals surface area contributed by atoms with Crippen molar-refractivity contribution in [1.29, 1.82) is 0 Å². The lowest BCUT2D eigenvalue weighted by molar-refractivity contribution is 0.0620. The van der Waals surface area contributed by atoms with Crippen molar-refractivity contribution in [2.75, 3.05) is 26.2 Å². The number of ether oxygens (including phenoxy) is 1. The van der Waals surface area contributed by atoms with E-state index in [1.807, 2.05) is 42.6 Å². The summed E-state index contributed by atoms with van der Waals surface area (Å²) < 4.78 is 7.58. The van der Waals surface area contributed by atoms with Gasteiger partial charge in [-0.05, 0) is 62.2 Å². The number of carbonyl (C=O) groups is 1. The number of nitrogens with one attached hydrogen (secondary N) is 1. The summed E-state index contributed by atoms with van der Waals surface area (Å²) in [6.07, 6.45) is 9.57. The van der Waals surface area contributed by atoms with Crippen LogP contribution in [0.3, 0.4) is 0 Å². The molecule has 3 saturated heterocycles. The molecule has 6 rings (SSSR count). The number of pyridine rings is 1. The van der Waals surface area contributed by atoms with Gasteiger partial charge < -0.3 is 19.4 Å². The van der Waals surface area contributed by atoms with E-state index in [1.165, 1.54) is 25.9 Å². The van der Waals surface area contributed by atoms with Gasteiger partial charge in [0.2, 0.25) is 0 Å². The molecule has 28 heavy (non-hydrogen) atoms. The lowest BCUT2D eigenvalue weighted by Gasteiger charge is -2.44. The van der Waals surface area contributed by atoms with Crippen LogP contribution in [-0.4, -0.2) is 47.5 Å². The molecule has 1 aromatic carbocycles. The van der Waals surface area contributed by atoms with E-state index in [1.54, 1.807) is 0 Å². The molecule has 3 aliphatic heterocycles. The Morgan fingerprint density at radius 1 is 1.21 bits per heavy atom. The zero-order valence-electron chi connectivity index (χ0n) is 15.7. The number of rotatable bonds is 4. The number of hydrogen-bond donors (Lipinski definition) is 1. The smallest absolute Gasteiger partial charge is 0.253 e. The molecule has 1 atom stereocenters. The van der Waals surface area contributed by atoms with Crippen LogP contribution in [0, 0.1) is 18.3 Å². The molecule has 0 saturated carbocycles.